The van der Waals surface area contributed by atoms with Gasteiger partial charge in [-0.1, -0.05) is 6.42 Å². The summed E-state index contributed by atoms with van der Waals surface area (Å²) in [6.45, 7) is 5.12. The summed E-state index contributed by atoms with van der Waals surface area (Å²) in [6, 6.07) is 8.13. The van der Waals surface area contributed by atoms with Gasteiger partial charge in [-0.25, -0.2) is 18.4 Å². The van der Waals surface area contributed by atoms with Crippen LogP contribution in [0.4, 0.5) is 5.69 Å². The molecular formula is C24H30N6O3S. The second kappa shape index (κ2) is 9.09. The van der Waals surface area contributed by atoms with Gasteiger partial charge < -0.3 is 14.8 Å². The normalized spacial score (nSPS) is 17.9. The molecule has 0 unspecified atom stereocenters. The van der Waals surface area contributed by atoms with Crippen LogP contribution in [0.25, 0.3) is 11.2 Å². The van der Waals surface area contributed by atoms with Crippen LogP contribution in [-0.2, 0) is 23.0 Å². The number of hydrogen-bond donors (Lipinski definition) is 1. The highest BCUT2D eigenvalue weighted by Gasteiger charge is 2.27. The fraction of sp³-hybridized carbons (Fsp3) is 0.458. The summed E-state index contributed by atoms with van der Waals surface area (Å²) in [4.78, 5) is 25.0. The minimum atomic E-state index is -3.55. The second-order valence-corrected chi connectivity index (χ2v) is 11.1. The van der Waals surface area contributed by atoms with E-state index in [9.17, 15) is 13.2 Å². The summed E-state index contributed by atoms with van der Waals surface area (Å²) >= 11 is 0. The lowest BCUT2D eigenvalue weighted by Gasteiger charge is -2.31. The molecule has 1 aromatic carbocycles. The van der Waals surface area contributed by atoms with Crippen molar-refractivity contribution in [2.75, 3.05) is 38.5 Å². The third-order valence-electron chi connectivity index (χ3n) is 6.65. The number of nitrogens with one attached hydrogen (secondary N) is 1. The van der Waals surface area contributed by atoms with Gasteiger partial charge in [-0.05, 0) is 57.1 Å². The molecule has 0 saturated carbocycles. The van der Waals surface area contributed by atoms with Crippen molar-refractivity contribution in [1.29, 1.82) is 0 Å². The van der Waals surface area contributed by atoms with E-state index in [0.717, 1.165) is 43.0 Å². The maximum atomic E-state index is 13.2. The van der Waals surface area contributed by atoms with Crippen molar-refractivity contribution in [2.45, 2.75) is 44.0 Å². The molecule has 1 amide bonds. The zero-order valence-electron chi connectivity index (χ0n) is 19.6. The smallest absolute Gasteiger partial charge is 0.258 e. The zero-order chi connectivity index (χ0) is 23.9. The Morgan fingerprint density at radius 1 is 0.971 bits per heavy atom. The Hall–Kier alpha value is -2.82. The lowest BCUT2D eigenvalue weighted by Crippen LogP contribution is -2.46. The molecule has 3 aromatic rings. The average molecular weight is 483 g/mol. The van der Waals surface area contributed by atoms with Gasteiger partial charge in [0.2, 0.25) is 10.0 Å². The average Bonchev–Trinajstić information content (AvgIpc) is 2.99. The maximum Gasteiger partial charge on any atom is 0.258 e. The number of imidazole rings is 1. The predicted octanol–water partition coefficient (Wildman–Crippen LogP) is 2.65. The molecule has 2 aromatic heterocycles. The van der Waals surface area contributed by atoms with Gasteiger partial charge in [0.1, 0.15) is 11.3 Å². The Morgan fingerprint density at radius 3 is 2.44 bits per heavy atom. The first-order valence-electron chi connectivity index (χ1n) is 11.8. The van der Waals surface area contributed by atoms with Crippen molar-refractivity contribution >= 4 is 32.8 Å². The number of piperazine rings is 1. The molecule has 1 saturated heterocycles. The number of carbonyl (C=O) groups excluding carboxylic acids is 1. The highest BCUT2D eigenvalue weighted by molar-refractivity contribution is 7.89. The van der Waals surface area contributed by atoms with Crippen LogP contribution >= 0.6 is 0 Å². The third kappa shape index (κ3) is 4.33. The number of fused-ring (bicyclic) bond motifs is 3. The minimum Gasteiger partial charge on any atom is -0.322 e. The number of likely N-dealkylation sites (N-methyl/N-ethyl adjacent to an activating group) is 1. The molecule has 0 radical (unpaired) electrons. The van der Waals surface area contributed by atoms with E-state index in [-0.39, 0.29) is 10.8 Å². The standard InChI is InChI=1S/C24H30N6O3S/c1-17-16-20(22-23(25-17)30-11-5-3-4-6-21(30)27-22)24(31)26-18-7-9-19(10-8-18)34(32,33)29-14-12-28(2)13-15-29/h7-10,16H,3-6,11-15H2,1-2H3,(H,26,31). The zero-order valence-corrected chi connectivity index (χ0v) is 20.4. The summed E-state index contributed by atoms with van der Waals surface area (Å²) in [7, 11) is -1.56. The van der Waals surface area contributed by atoms with Gasteiger partial charge >= 0.3 is 0 Å². The number of amides is 1. The molecule has 1 fully saturated rings. The molecule has 2 aliphatic rings. The van der Waals surface area contributed by atoms with Gasteiger partial charge in [-0.3, -0.25) is 4.79 Å². The van der Waals surface area contributed by atoms with Crippen LogP contribution < -0.4 is 5.32 Å². The number of aromatic nitrogens is 3. The summed E-state index contributed by atoms with van der Waals surface area (Å²) in [5, 5.41) is 2.90. The molecular weight excluding hydrogens is 452 g/mol. The van der Waals surface area contributed by atoms with Crippen LogP contribution in [-0.4, -0.2) is 71.3 Å². The SMILES string of the molecule is Cc1cc(C(=O)Nc2ccc(S(=O)(=O)N3CCN(C)CC3)cc2)c2nc3n(c2n1)CCCCC3. The molecule has 2 aliphatic heterocycles. The van der Waals surface area contributed by atoms with Crippen molar-refractivity contribution in [3.05, 3.63) is 47.4 Å². The van der Waals surface area contributed by atoms with Crippen LogP contribution in [0.3, 0.4) is 0 Å². The van der Waals surface area contributed by atoms with E-state index in [2.05, 4.69) is 19.8 Å². The van der Waals surface area contributed by atoms with Gasteiger partial charge in [-0.2, -0.15) is 4.31 Å². The highest BCUT2D eigenvalue weighted by Crippen LogP contribution is 2.25. The van der Waals surface area contributed by atoms with Crippen LogP contribution in [0.15, 0.2) is 35.2 Å². The van der Waals surface area contributed by atoms with Crippen molar-refractivity contribution in [3.8, 4) is 0 Å². The summed E-state index contributed by atoms with van der Waals surface area (Å²) in [5.74, 6) is 0.705. The highest BCUT2D eigenvalue weighted by atomic mass is 32.2. The first-order valence-corrected chi connectivity index (χ1v) is 13.2. The fourth-order valence-corrected chi connectivity index (χ4v) is 6.10. The summed E-state index contributed by atoms with van der Waals surface area (Å²) in [6.07, 6.45) is 4.23. The quantitative estimate of drug-likeness (QED) is 0.614. The predicted molar refractivity (Wildman–Crippen MR) is 130 cm³/mol. The van der Waals surface area contributed by atoms with E-state index >= 15 is 0 Å². The van der Waals surface area contributed by atoms with E-state index in [1.165, 1.54) is 10.7 Å². The van der Waals surface area contributed by atoms with E-state index < -0.39 is 10.0 Å². The molecule has 0 bridgehead atoms. The topological polar surface area (TPSA) is 100 Å². The number of hydrogen-bond acceptors (Lipinski definition) is 6. The van der Waals surface area contributed by atoms with E-state index in [0.29, 0.717) is 42.9 Å². The Kier molecular flexibility index (Phi) is 6.13. The van der Waals surface area contributed by atoms with Crippen molar-refractivity contribution in [3.63, 3.8) is 0 Å². The first-order chi connectivity index (χ1) is 16.3. The number of sulfonamides is 1. The monoisotopic (exact) mass is 482 g/mol. The van der Waals surface area contributed by atoms with Gasteiger partial charge in [0.15, 0.2) is 5.65 Å². The molecule has 5 rings (SSSR count). The molecule has 180 valence electrons. The molecule has 4 heterocycles. The van der Waals surface area contributed by atoms with Gasteiger partial charge in [-0.15, -0.1) is 0 Å². The molecule has 0 atom stereocenters. The van der Waals surface area contributed by atoms with Gasteiger partial charge in [0, 0.05) is 50.5 Å². The number of anilines is 1. The second-order valence-electron chi connectivity index (χ2n) is 9.16. The van der Waals surface area contributed by atoms with Crippen molar-refractivity contribution < 1.29 is 13.2 Å². The van der Waals surface area contributed by atoms with Gasteiger partial charge in [0.05, 0.1) is 10.5 Å². The Labute approximate surface area is 199 Å². The third-order valence-corrected chi connectivity index (χ3v) is 8.56. The Bertz CT molecular complexity index is 1320. The molecule has 1 N–H and O–H groups in total. The van der Waals surface area contributed by atoms with E-state index in [4.69, 9.17) is 4.98 Å². The van der Waals surface area contributed by atoms with Crippen LogP contribution in [0.2, 0.25) is 0 Å². The molecule has 9 nitrogen and oxygen atoms in total. The number of carbonyl (C=O) groups is 1. The largest absolute Gasteiger partial charge is 0.322 e. The lowest BCUT2D eigenvalue weighted by molar-refractivity contribution is 0.102. The maximum absolute atomic E-state index is 13.2. The molecule has 0 aliphatic carbocycles. The minimum absolute atomic E-state index is 0.232. The first kappa shape index (κ1) is 22.9. The van der Waals surface area contributed by atoms with Crippen molar-refractivity contribution in [2.24, 2.45) is 0 Å². The lowest BCUT2D eigenvalue weighted by atomic mass is 10.1. The summed E-state index contributed by atoms with van der Waals surface area (Å²) in [5.41, 5.74) is 3.16. The van der Waals surface area contributed by atoms with E-state index in [1.807, 2.05) is 14.0 Å². The number of nitrogens with zero attached hydrogens (tertiary/aromatic N) is 5. The van der Waals surface area contributed by atoms with Crippen molar-refractivity contribution in [1.82, 2.24) is 23.7 Å². The van der Waals surface area contributed by atoms with Crippen LogP contribution in [0.5, 0.6) is 0 Å². The summed E-state index contributed by atoms with van der Waals surface area (Å²) < 4.78 is 29.6. The Morgan fingerprint density at radius 2 is 1.71 bits per heavy atom. The number of benzene rings is 1. The van der Waals surface area contributed by atoms with E-state index in [1.54, 1.807) is 30.3 Å². The molecule has 10 heteroatoms. The number of pyridine rings is 1. The molecule has 0 spiro atoms. The van der Waals surface area contributed by atoms with Gasteiger partial charge in [0.25, 0.3) is 5.91 Å². The number of rotatable bonds is 4. The molecule has 34 heavy (non-hydrogen) atoms. The number of aryl methyl sites for hydroxylation is 3. The van der Waals surface area contributed by atoms with Crippen LogP contribution in [0, 0.1) is 6.92 Å². The Balaban J connectivity index is 1.38. The van der Waals surface area contributed by atoms with Crippen LogP contribution in [0.1, 0.15) is 41.1 Å². The fourth-order valence-electron chi connectivity index (χ4n) is 4.67.